The monoisotopic (exact) mass is 278 g/mol. The van der Waals surface area contributed by atoms with Gasteiger partial charge in [-0.05, 0) is 0 Å². The summed E-state index contributed by atoms with van der Waals surface area (Å²) in [6.07, 6.45) is -0.417. The number of carbonyl (C=O) groups excluding carboxylic acids is 2. The molecule has 0 bridgehead atoms. The molecule has 4 N–H and O–H groups in total. The fourth-order valence-electron chi connectivity index (χ4n) is 1.56. The number of hydrogen-bond donors (Lipinski definition) is 4. The quantitative estimate of drug-likeness (QED) is 0.316. The molecule has 0 heterocycles. The van der Waals surface area contributed by atoms with Gasteiger partial charge in [0, 0.05) is 26.2 Å². The Labute approximate surface area is 111 Å². The summed E-state index contributed by atoms with van der Waals surface area (Å²) in [4.78, 5) is 25.9. The highest BCUT2D eigenvalue weighted by molar-refractivity contribution is 5.96. The first-order valence-corrected chi connectivity index (χ1v) is 6.09. The summed E-state index contributed by atoms with van der Waals surface area (Å²) in [5.41, 5.74) is 0. The van der Waals surface area contributed by atoms with Crippen LogP contribution in [-0.2, 0) is 9.59 Å². The number of carbonyl (C=O) groups is 2. The number of rotatable bonds is 10. The maximum atomic E-state index is 11.8. The molecule has 0 aliphatic heterocycles. The van der Waals surface area contributed by atoms with Gasteiger partial charge in [0.2, 0.25) is 11.8 Å². The molecule has 0 aliphatic rings. The smallest absolute Gasteiger partial charge is 0.232 e. The van der Waals surface area contributed by atoms with Crippen molar-refractivity contribution >= 4 is 11.8 Å². The van der Waals surface area contributed by atoms with E-state index in [1.54, 1.807) is 0 Å². The van der Waals surface area contributed by atoms with Crippen LogP contribution in [0.1, 0.15) is 6.42 Å². The van der Waals surface area contributed by atoms with E-state index < -0.39 is 18.2 Å². The van der Waals surface area contributed by atoms with Crippen molar-refractivity contribution in [3.63, 3.8) is 0 Å². The molecule has 8 heteroatoms. The lowest BCUT2D eigenvalue weighted by atomic mass is 10.3. The molecular weight excluding hydrogens is 256 g/mol. The van der Waals surface area contributed by atoms with Crippen LogP contribution < -0.4 is 0 Å². The molecule has 19 heavy (non-hydrogen) atoms. The van der Waals surface area contributed by atoms with E-state index in [4.69, 9.17) is 20.4 Å². The molecule has 0 aromatic heterocycles. The topological polar surface area (TPSA) is 122 Å². The second-order valence-corrected chi connectivity index (χ2v) is 3.83. The van der Waals surface area contributed by atoms with E-state index in [1.165, 1.54) is 9.80 Å². The van der Waals surface area contributed by atoms with Crippen molar-refractivity contribution in [3.8, 4) is 0 Å². The Morgan fingerprint density at radius 3 is 1.11 bits per heavy atom. The van der Waals surface area contributed by atoms with Gasteiger partial charge in [0.1, 0.15) is 6.42 Å². The summed E-state index contributed by atoms with van der Waals surface area (Å²) in [5, 5.41) is 35.1. The zero-order valence-electron chi connectivity index (χ0n) is 10.9. The number of aliphatic hydroxyl groups is 4. The minimum Gasteiger partial charge on any atom is -0.395 e. The molecule has 0 aromatic carbocycles. The van der Waals surface area contributed by atoms with Gasteiger partial charge in [0.05, 0.1) is 26.4 Å². The van der Waals surface area contributed by atoms with Crippen LogP contribution >= 0.6 is 0 Å². The van der Waals surface area contributed by atoms with Crippen LogP contribution in [0.4, 0.5) is 0 Å². The van der Waals surface area contributed by atoms with E-state index in [0.29, 0.717) is 0 Å². The van der Waals surface area contributed by atoms with E-state index >= 15 is 0 Å². The predicted octanol–water partition coefficient (Wildman–Crippen LogP) is -3.00. The maximum Gasteiger partial charge on any atom is 0.232 e. The first-order valence-electron chi connectivity index (χ1n) is 6.09. The SMILES string of the molecule is O=C(CC(=O)N(CCO)CCO)N(CCO)CCO. The van der Waals surface area contributed by atoms with E-state index in [0.717, 1.165) is 0 Å². The first-order chi connectivity index (χ1) is 9.10. The largest absolute Gasteiger partial charge is 0.395 e. The van der Waals surface area contributed by atoms with Crippen molar-refractivity contribution in [1.82, 2.24) is 9.80 Å². The van der Waals surface area contributed by atoms with Crippen molar-refractivity contribution in [3.05, 3.63) is 0 Å². The van der Waals surface area contributed by atoms with Crippen LogP contribution in [0.2, 0.25) is 0 Å². The zero-order chi connectivity index (χ0) is 14.7. The second kappa shape index (κ2) is 10.7. The summed E-state index contributed by atoms with van der Waals surface area (Å²) >= 11 is 0. The lowest BCUT2D eigenvalue weighted by molar-refractivity contribution is -0.141. The lowest BCUT2D eigenvalue weighted by Gasteiger charge is -2.24. The summed E-state index contributed by atoms with van der Waals surface area (Å²) < 4.78 is 0. The Morgan fingerprint density at radius 1 is 0.632 bits per heavy atom. The van der Waals surface area contributed by atoms with Crippen molar-refractivity contribution in [2.75, 3.05) is 52.6 Å². The standard InChI is InChI=1S/C11H22N2O6/c14-5-1-12(2-6-15)10(18)9-11(19)13(3-7-16)4-8-17/h14-17H,1-9H2. The van der Waals surface area contributed by atoms with Gasteiger partial charge in [-0.1, -0.05) is 0 Å². The molecule has 0 saturated heterocycles. The van der Waals surface area contributed by atoms with Crippen LogP contribution in [0.5, 0.6) is 0 Å². The van der Waals surface area contributed by atoms with Gasteiger partial charge in [-0.15, -0.1) is 0 Å². The van der Waals surface area contributed by atoms with E-state index in [1.807, 2.05) is 0 Å². The highest BCUT2D eigenvalue weighted by Gasteiger charge is 2.20. The van der Waals surface area contributed by atoms with E-state index in [-0.39, 0.29) is 52.6 Å². The van der Waals surface area contributed by atoms with Crippen molar-refractivity contribution in [1.29, 1.82) is 0 Å². The van der Waals surface area contributed by atoms with Gasteiger partial charge >= 0.3 is 0 Å². The first kappa shape index (κ1) is 17.8. The van der Waals surface area contributed by atoms with E-state index in [9.17, 15) is 9.59 Å². The molecule has 0 unspecified atom stereocenters. The highest BCUT2D eigenvalue weighted by Crippen LogP contribution is 1.99. The molecule has 8 nitrogen and oxygen atoms in total. The van der Waals surface area contributed by atoms with Crippen LogP contribution in [0.15, 0.2) is 0 Å². The van der Waals surface area contributed by atoms with Crippen LogP contribution in [0.25, 0.3) is 0 Å². The molecule has 0 atom stereocenters. The summed E-state index contributed by atoms with van der Waals surface area (Å²) in [6.45, 7) is -0.819. The predicted molar refractivity (Wildman–Crippen MR) is 66.1 cm³/mol. The van der Waals surface area contributed by atoms with Crippen LogP contribution in [0.3, 0.4) is 0 Å². The minimum absolute atomic E-state index is 0.0483. The summed E-state index contributed by atoms with van der Waals surface area (Å²) in [5.74, 6) is -1.01. The third kappa shape index (κ3) is 7.06. The molecule has 0 saturated carbocycles. The van der Waals surface area contributed by atoms with Crippen LogP contribution in [-0.4, -0.2) is 94.6 Å². The minimum atomic E-state index is -0.506. The summed E-state index contributed by atoms with van der Waals surface area (Å²) in [7, 11) is 0. The molecule has 2 amide bonds. The molecule has 0 rings (SSSR count). The Balaban J connectivity index is 4.43. The van der Waals surface area contributed by atoms with Crippen LogP contribution in [0, 0.1) is 0 Å². The Morgan fingerprint density at radius 2 is 0.895 bits per heavy atom. The molecule has 112 valence electrons. The van der Waals surface area contributed by atoms with Gasteiger partial charge in [-0.25, -0.2) is 0 Å². The average molecular weight is 278 g/mol. The van der Waals surface area contributed by atoms with Gasteiger partial charge in [-0.3, -0.25) is 9.59 Å². The van der Waals surface area contributed by atoms with Crippen molar-refractivity contribution in [2.45, 2.75) is 6.42 Å². The number of aliphatic hydroxyl groups excluding tert-OH is 4. The molecule has 0 radical (unpaired) electrons. The molecule has 0 fully saturated rings. The Hall–Kier alpha value is -1.22. The number of amides is 2. The van der Waals surface area contributed by atoms with Gasteiger partial charge in [0.25, 0.3) is 0 Å². The molecule has 0 aromatic rings. The number of hydrogen-bond acceptors (Lipinski definition) is 6. The fraction of sp³-hybridized carbons (Fsp3) is 0.818. The highest BCUT2D eigenvalue weighted by atomic mass is 16.3. The number of nitrogens with zero attached hydrogens (tertiary/aromatic N) is 2. The second-order valence-electron chi connectivity index (χ2n) is 3.83. The molecular formula is C11H22N2O6. The Bertz CT molecular complexity index is 236. The normalized spacial score (nSPS) is 10.3. The molecule has 0 spiro atoms. The molecule has 0 aliphatic carbocycles. The zero-order valence-corrected chi connectivity index (χ0v) is 10.9. The van der Waals surface area contributed by atoms with Crippen molar-refractivity contribution < 1.29 is 30.0 Å². The van der Waals surface area contributed by atoms with Crippen molar-refractivity contribution in [2.24, 2.45) is 0 Å². The summed E-state index contributed by atoms with van der Waals surface area (Å²) in [6, 6.07) is 0. The fourth-order valence-corrected chi connectivity index (χ4v) is 1.56. The lowest BCUT2D eigenvalue weighted by Crippen LogP contribution is -2.42. The third-order valence-corrected chi connectivity index (χ3v) is 2.49. The van der Waals surface area contributed by atoms with Gasteiger partial charge in [-0.2, -0.15) is 0 Å². The third-order valence-electron chi connectivity index (χ3n) is 2.49. The van der Waals surface area contributed by atoms with Gasteiger partial charge in [0.15, 0.2) is 0 Å². The van der Waals surface area contributed by atoms with E-state index in [2.05, 4.69) is 0 Å². The average Bonchev–Trinajstić information content (AvgIpc) is 2.38. The maximum absolute atomic E-state index is 11.8. The Kier molecular flexibility index (Phi) is 9.99. The van der Waals surface area contributed by atoms with Gasteiger partial charge < -0.3 is 30.2 Å².